The van der Waals surface area contributed by atoms with E-state index in [-0.39, 0.29) is 12.2 Å². The summed E-state index contributed by atoms with van der Waals surface area (Å²) in [6.07, 6.45) is 0. The van der Waals surface area contributed by atoms with Gasteiger partial charge in [0, 0.05) is 0 Å². The number of anilines is 1. The normalized spacial score (nSPS) is 13.3. The zero-order valence-electron chi connectivity index (χ0n) is 8.57. The van der Waals surface area contributed by atoms with E-state index in [0.29, 0.717) is 11.3 Å². The van der Waals surface area contributed by atoms with Gasteiger partial charge in [0.25, 0.3) is 11.7 Å². The van der Waals surface area contributed by atoms with Gasteiger partial charge < -0.3 is 10.1 Å². The number of ketones is 1. The number of fused-ring (bicyclic) bond motifs is 1. The van der Waals surface area contributed by atoms with Crippen LogP contribution in [0.1, 0.15) is 27.6 Å². The van der Waals surface area contributed by atoms with Crippen LogP contribution in [0.3, 0.4) is 0 Å². The van der Waals surface area contributed by atoms with Crippen molar-refractivity contribution in [1.29, 1.82) is 0 Å². The Morgan fingerprint density at radius 2 is 2.12 bits per heavy atom. The number of carbonyl (C=O) groups excluding carboxylic acids is 3. The lowest BCUT2D eigenvalue weighted by Crippen LogP contribution is -2.12. The molecule has 1 heterocycles. The molecule has 0 aromatic heterocycles. The van der Waals surface area contributed by atoms with Gasteiger partial charge in [0.05, 0.1) is 23.4 Å². The number of amides is 1. The fourth-order valence-electron chi connectivity index (χ4n) is 1.49. The van der Waals surface area contributed by atoms with Gasteiger partial charge in [0.1, 0.15) is 0 Å². The van der Waals surface area contributed by atoms with E-state index in [4.69, 9.17) is 4.74 Å². The second kappa shape index (κ2) is 3.77. The number of hydrogen-bond donors (Lipinski definition) is 1. The van der Waals surface area contributed by atoms with Crippen molar-refractivity contribution in [2.75, 3.05) is 11.9 Å². The lowest BCUT2D eigenvalue weighted by atomic mass is 10.1. The predicted molar refractivity (Wildman–Crippen MR) is 55.4 cm³/mol. The van der Waals surface area contributed by atoms with Crippen molar-refractivity contribution in [3.63, 3.8) is 0 Å². The smallest absolute Gasteiger partial charge is 0.338 e. The number of nitrogens with one attached hydrogen (secondary N) is 1. The fourth-order valence-corrected chi connectivity index (χ4v) is 1.49. The number of carbonyl (C=O) groups is 3. The summed E-state index contributed by atoms with van der Waals surface area (Å²) in [5, 5.41) is 2.39. The summed E-state index contributed by atoms with van der Waals surface area (Å²) in [6.45, 7) is 1.98. The van der Waals surface area contributed by atoms with E-state index < -0.39 is 17.7 Å². The van der Waals surface area contributed by atoms with Crippen LogP contribution in [0.25, 0.3) is 0 Å². The quantitative estimate of drug-likeness (QED) is 0.594. The third-order valence-electron chi connectivity index (χ3n) is 2.23. The Hall–Kier alpha value is -2.17. The summed E-state index contributed by atoms with van der Waals surface area (Å²) in [4.78, 5) is 33.7. The summed E-state index contributed by atoms with van der Waals surface area (Å²) in [5.41, 5.74) is 0.967. The second-order valence-electron chi connectivity index (χ2n) is 3.26. The van der Waals surface area contributed by atoms with E-state index in [9.17, 15) is 14.4 Å². The van der Waals surface area contributed by atoms with Crippen LogP contribution in [0, 0.1) is 0 Å². The molecule has 0 spiro atoms. The van der Waals surface area contributed by atoms with Crippen LogP contribution in [0.5, 0.6) is 0 Å². The molecule has 1 aromatic rings. The molecule has 1 aliphatic rings. The van der Waals surface area contributed by atoms with Crippen molar-refractivity contribution >= 4 is 23.3 Å². The molecule has 0 fully saturated rings. The molecule has 16 heavy (non-hydrogen) atoms. The van der Waals surface area contributed by atoms with Gasteiger partial charge >= 0.3 is 5.97 Å². The Morgan fingerprint density at radius 3 is 2.81 bits per heavy atom. The molecule has 0 saturated heterocycles. The van der Waals surface area contributed by atoms with Gasteiger partial charge in [-0.15, -0.1) is 0 Å². The monoisotopic (exact) mass is 219 g/mol. The van der Waals surface area contributed by atoms with E-state index in [1.807, 2.05) is 0 Å². The zero-order valence-corrected chi connectivity index (χ0v) is 8.57. The second-order valence-corrected chi connectivity index (χ2v) is 3.26. The molecule has 1 amide bonds. The van der Waals surface area contributed by atoms with Gasteiger partial charge in [-0.05, 0) is 25.1 Å². The van der Waals surface area contributed by atoms with Crippen LogP contribution in [0.2, 0.25) is 0 Å². The van der Waals surface area contributed by atoms with Gasteiger partial charge in [0.15, 0.2) is 0 Å². The number of hydrogen-bond acceptors (Lipinski definition) is 4. The molecule has 0 unspecified atom stereocenters. The molecule has 0 aliphatic carbocycles. The highest BCUT2D eigenvalue weighted by atomic mass is 16.5. The predicted octanol–water partition coefficient (Wildman–Crippen LogP) is 0.998. The molecule has 0 bridgehead atoms. The topological polar surface area (TPSA) is 72.5 Å². The van der Waals surface area contributed by atoms with Gasteiger partial charge in [-0.25, -0.2) is 4.79 Å². The van der Waals surface area contributed by atoms with Crippen LogP contribution in [0.15, 0.2) is 18.2 Å². The van der Waals surface area contributed by atoms with Gasteiger partial charge in [0.2, 0.25) is 0 Å². The molecule has 5 heteroatoms. The standard InChI is InChI=1S/C11H9NO4/c1-2-16-11(15)6-3-4-7-8(5-6)12-10(14)9(7)13/h3-5H,2H2,1H3,(H,12,13,14). The van der Waals surface area contributed by atoms with E-state index in [2.05, 4.69) is 5.32 Å². The first kappa shape index (κ1) is 10.4. The van der Waals surface area contributed by atoms with Crippen LogP contribution in [0.4, 0.5) is 5.69 Å². The molecule has 1 aliphatic heterocycles. The number of esters is 1. The third kappa shape index (κ3) is 1.56. The maximum Gasteiger partial charge on any atom is 0.338 e. The molecule has 2 rings (SSSR count). The van der Waals surface area contributed by atoms with Gasteiger partial charge in [-0.1, -0.05) is 0 Å². The first-order valence-corrected chi connectivity index (χ1v) is 4.80. The molecule has 5 nitrogen and oxygen atoms in total. The highest BCUT2D eigenvalue weighted by Crippen LogP contribution is 2.24. The Morgan fingerprint density at radius 1 is 1.38 bits per heavy atom. The summed E-state index contributed by atoms with van der Waals surface area (Å²) < 4.78 is 4.80. The zero-order chi connectivity index (χ0) is 11.7. The SMILES string of the molecule is CCOC(=O)c1ccc2c(c1)NC(=O)C2=O. The molecule has 1 aromatic carbocycles. The minimum Gasteiger partial charge on any atom is -0.462 e. The van der Waals surface area contributed by atoms with Crippen LogP contribution < -0.4 is 5.32 Å². The molecular formula is C11H9NO4. The number of Topliss-reactive ketones (excluding diaryl/α,β-unsaturated/α-hetero) is 1. The van der Waals surface area contributed by atoms with E-state index in [1.165, 1.54) is 18.2 Å². The van der Waals surface area contributed by atoms with Crippen LogP contribution in [-0.4, -0.2) is 24.3 Å². The fraction of sp³-hybridized carbons (Fsp3) is 0.182. The third-order valence-corrected chi connectivity index (χ3v) is 2.23. The molecule has 82 valence electrons. The largest absolute Gasteiger partial charge is 0.462 e. The average molecular weight is 219 g/mol. The van der Waals surface area contributed by atoms with E-state index in [0.717, 1.165) is 0 Å². The Labute approximate surface area is 91.4 Å². The van der Waals surface area contributed by atoms with Crippen LogP contribution >= 0.6 is 0 Å². The summed E-state index contributed by atoms with van der Waals surface area (Å²) >= 11 is 0. The number of rotatable bonds is 2. The maximum absolute atomic E-state index is 11.4. The minimum absolute atomic E-state index is 0.279. The summed E-state index contributed by atoms with van der Waals surface area (Å²) in [5.74, 6) is -1.72. The Balaban J connectivity index is 2.35. The van der Waals surface area contributed by atoms with Crippen molar-refractivity contribution < 1.29 is 19.1 Å². The van der Waals surface area contributed by atoms with Crippen molar-refractivity contribution in [3.8, 4) is 0 Å². The lowest BCUT2D eigenvalue weighted by Gasteiger charge is -2.03. The maximum atomic E-state index is 11.4. The number of benzene rings is 1. The number of ether oxygens (including phenoxy) is 1. The summed E-state index contributed by atoms with van der Waals surface area (Å²) in [6, 6.07) is 4.35. The first-order chi connectivity index (χ1) is 7.63. The van der Waals surface area contributed by atoms with Gasteiger partial charge in [-0.2, -0.15) is 0 Å². The van der Waals surface area contributed by atoms with Gasteiger partial charge in [-0.3, -0.25) is 9.59 Å². The highest BCUT2D eigenvalue weighted by molar-refractivity contribution is 6.51. The van der Waals surface area contributed by atoms with E-state index in [1.54, 1.807) is 6.92 Å². The Kier molecular flexibility index (Phi) is 2.44. The molecular weight excluding hydrogens is 210 g/mol. The average Bonchev–Trinajstić information content (AvgIpc) is 2.55. The summed E-state index contributed by atoms with van der Waals surface area (Å²) in [7, 11) is 0. The molecule has 1 N–H and O–H groups in total. The Bertz CT molecular complexity index is 493. The van der Waals surface area contributed by atoms with Crippen molar-refractivity contribution in [2.45, 2.75) is 6.92 Å². The molecule has 0 saturated carbocycles. The van der Waals surface area contributed by atoms with Crippen molar-refractivity contribution in [2.24, 2.45) is 0 Å². The first-order valence-electron chi connectivity index (χ1n) is 4.80. The lowest BCUT2D eigenvalue weighted by molar-refractivity contribution is -0.112. The molecule has 0 radical (unpaired) electrons. The van der Waals surface area contributed by atoms with E-state index >= 15 is 0 Å². The van der Waals surface area contributed by atoms with Crippen molar-refractivity contribution in [1.82, 2.24) is 0 Å². The minimum atomic E-state index is -0.670. The highest BCUT2D eigenvalue weighted by Gasteiger charge is 2.28. The van der Waals surface area contributed by atoms with Crippen molar-refractivity contribution in [3.05, 3.63) is 29.3 Å². The molecule has 0 atom stereocenters. The van der Waals surface area contributed by atoms with Crippen LogP contribution in [-0.2, 0) is 9.53 Å².